The number of aliphatic hydroxyl groups is 1. The molecule has 0 unspecified atom stereocenters. The molecule has 1 aromatic carbocycles. The van der Waals surface area contributed by atoms with Gasteiger partial charge < -0.3 is 15.1 Å². The van der Waals surface area contributed by atoms with Crippen molar-refractivity contribution in [3.8, 4) is 5.75 Å². The Morgan fingerprint density at radius 3 is 2.76 bits per heavy atom. The number of aliphatic hydroxyl groups excluding tert-OH is 1. The number of halogens is 1. The molecule has 1 atom stereocenters. The van der Waals surface area contributed by atoms with Crippen LogP contribution in [-0.4, -0.2) is 40.2 Å². The van der Waals surface area contributed by atoms with E-state index in [0.29, 0.717) is 36.0 Å². The molecular formula is C16H20ClNO3. The van der Waals surface area contributed by atoms with Crippen molar-refractivity contribution in [3.05, 3.63) is 28.3 Å². The summed E-state index contributed by atoms with van der Waals surface area (Å²) in [5.41, 5.74) is 1.61. The van der Waals surface area contributed by atoms with Crippen molar-refractivity contribution >= 4 is 17.5 Å². The van der Waals surface area contributed by atoms with E-state index in [1.807, 2.05) is 11.8 Å². The molecule has 1 amide bonds. The highest BCUT2D eigenvalue weighted by molar-refractivity contribution is 6.32. The fourth-order valence-corrected chi connectivity index (χ4v) is 3.70. The number of likely N-dealkylation sites (tertiary alicyclic amines) is 1. The minimum absolute atomic E-state index is 0.0464. The minimum Gasteiger partial charge on any atom is -0.508 e. The number of nitrogens with zero attached hydrogens (tertiary/aromatic N) is 1. The molecule has 1 aliphatic heterocycles. The number of amides is 1. The molecule has 0 bridgehead atoms. The number of phenols is 1. The smallest absolute Gasteiger partial charge is 0.223 e. The summed E-state index contributed by atoms with van der Waals surface area (Å²) in [6.45, 7) is 3.20. The number of aryl methyl sites for hydroxylation is 1. The molecule has 0 spiro atoms. The zero-order valence-electron chi connectivity index (χ0n) is 12.1. The Morgan fingerprint density at radius 2 is 2.10 bits per heavy atom. The summed E-state index contributed by atoms with van der Waals surface area (Å²) in [7, 11) is 0. The Balaban J connectivity index is 1.74. The van der Waals surface area contributed by atoms with Gasteiger partial charge in [0, 0.05) is 31.0 Å². The molecule has 2 N–H and O–H groups in total. The van der Waals surface area contributed by atoms with Crippen molar-refractivity contribution in [2.45, 2.75) is 38.2 Å². The molecule has 114 valence electrons. The zero-order valence-corrected chi connectivity index (χ0v) is 12.8. The molecule has 1 saturated heterocycles. The van der Waals surface area contributed by atoms with Gasteiger partial charge in [-0.1, -0.05) is 17.7 Å². The van der Waals surface area contributed by atoms with Crippen LogP contribution in [0.15, 0.2) is 12.1 Å². The molecule has 1 heterocycles. The second kappa shape index (κ2) is 5.50. The van der Waals surface area contributed by atoms with Crippen molar-refractivity contribution in [3.63, 3.8) is 0 Å². The van der Waals surface area contributed by atoms with Gasteiger partial charge in [0.2, 0.25) is 5.91 Å². The lowest BCUT2D eigenvalue weighted by atomic mass is 9.82. The number of hydrogen-bond acceptors (Lipinski definition) is 3. The van der Waals surface area contributed by atoms with Gasteiger partial charge in [-0.05, 0) is 37.3 Å². The lowest BCUT2D eigenvalue weighted by molar-refractivity contribution is -0.129. The van der Waals surface area contributed by atoms with Gasteiger partial charge >= 0.3 is 0 Å². The van der Waals surface area contributed by atoms with Crippen LogP contribution in [0, 0.1) is 12.8 Å². The Morgan fingerprint density at radius 1 is 1.38 bits per heavy atom. The van der Waals surface area contributed by atoms with Crippen LogP contribution in [0.5, 0.6) is 5.75 Å². The fourth-order valence-electron chi connectivity index (χ4n) is 3.38. The minimum atomic E-state index is -0.196. The average molecular weight is 310 g/mol. The second-order valence-corrected chi connectivity index (χ2v) is 6.70. The normalized spacial score (nSPS) is 28.8. The first-order chi connectivity index (χ1) is 9.95. The van der Waals surface area contributed by atoms with Gasteiger partial charge in [-0.3, -0.25) is 4.79 Å². The highest BCUT2D eigenvalue weighted by Crippen LogP contribution is 2.40. The summed E-state index contributed by atoms with van der Waals surface area (Å²) in [5, 5.41) is 20.0. The van der Waals surface area contributed by atoms with E-state index < -0.39 is 0 Å². The Kier molecular flexibility index (Phi) is 3.84. The van der Waals surface area contributed by atoms with E-state index in [4.69, 9.17) is 11.6 Å². The van der Waals surface area contributed by atoms with Gasteiger partial charge in [0.15, 0.2) is 0 Å². The SMILES string of the molecule is Cc1ccc(O)c([C@@H]2CC(=O)N(C[C@H]3C[C@@H](O)C3)C2)c1Cl. The van der Waals surface area contributed by atoms with E-state index in [0.717, 1.165) is 18.4 Å². The highest BCUT2D eigenvalue weighted by Gasteiger charge is 2.37. The number of rotatable bonds is 3. The quantitative estimate of drug-likeness (QED) is 0.901. The molecule has 4 nitrogen and oxygen atoms in total. The number of benzene rings is 1. The van der Waals surface area contributed by atoms with E-state index in [9.17, 15) is 15.0 Å². The third-order valence-electron chi connectivity index (χ3n) is 4.66. The summed E-state index contributed by atoms with van der Waals surface area (Å²) in [6.07, 6.45) is 1.76. The van der Waals surface area contributed by atoms with E-state index >= 15 is 0 Å². The molecule has 5 heteroatoms. The third-order valence-corrected chi connectivity index (χ3v) is 5.16. The fraction of sp³-hybridized carbons (Fsp3) is 0.562. The van der Waals surface area contributed by atoms with Gasteiger partial charge in [0.05, 0.1) is 11.1 Å². The van der Waals surface area contributed by atoms with Crippen LogP contribution >= 0.6 is 11.6 Å². The maximum atomic E-state index is 12.2. The number of carbonyl (C=O) groups is 1. The molecule has 1 aliphatic carbocycles. The molecule has 1 aromatic rings. The molecule has 3 rings (SSSR count). The summed E-state index contributed by atoms with van der Waals surface area (Å²) in [4.78, 5) is 14.0. The van der Waals surface area contributed by atoms with Crippen LogP contribution in [0.4, 0.5) is 0 Å². The lowest BCUT2D eigenvalue weighted by Gasteiger charge is -2.34. The van der Waals surface area contributed by atoms with Crippen LogP contribution < -0.4 is 0 Å². The highest BCUT2D eigenvalue weighted by atomic mass is 35.5. The molecule has 0 aromatic heterocycles. The maximum Gasteiger partial charge on any atom is 0.223 e. The molecule has 21 heavy (non-hydrogen) atoms. The monoisotopic (exact) mass is 309 g/mol. The Bertz CT molecular complexity index is 569. The van der Waals surface area contributed by atoms with Crippen LogP contribution in [-0.2, 0) is 4.79 Å². The predicted octanol–water partition coefficient (Wildman–Crippen LogP) is 2.44. The van der Waals surface area contributed by atoms with E-state index in [1.165, 1.54) is 0 Å². The number of aromatic hydroxyl groups is 1. The van der Waals surface area contributed by atoms with E-state index in [1.54, 1.807) is 12.1 Å². The largest absolute Gasteiger partial charge is 0.508 e. The summed E-state index contributed by atoms with van der Waals surface area (Å²) < 4.78 is 0. The Labute approximate surface area is 129 Å². The first-order valence-corrected chi connectivity index (χ1v) is 7.77. The third kappa shape index (κ3) is 2.74. The van der Waals surface area contributed by atoms with Crippen molar-refractivity contribution in [2.24, 2.45) is 5.92 Å². The maximum absolute atomic E-state index is 12.2. The number of phenolic OH excluding ortho intramolecular Hbond substituents is 1. The van der Waals surface area contributed by atoms with Gasteiger partial charge in [0.1, 0.15) is 5.75 Å². The summed E-state index contributed by atoms with van der Waals surface area (Å²) in [5.74, 6) is 0.641. The van der Waals surface area contributed by atoms with Crippen LogP contribution in [0.25, 0.3) is 0 Å². The van der Waals surface area contributed by atoms with Crippen molar-refractivity contribution in [1.29, 1.82) is 0 Å². The van der Waals surface area contributed by atoms with Crippen LogP contribution in [0.3, 0.4) is 0 Å². The van der Waals surface area contributed by atoms with E-state index in [2.05, 4.69) is 0 Å². The van der Waals surface area contributed by atoms with Crippen molar-refractivity contribution in [1.82, 2.24) is 4.90 Å². The first kappa shape index (κ1) is 14.7. The van der Waals surface area contributed by atoms with Gasteiger partial charge in [-0.2, -0.15) is 0 Å². The molecule has 0 radical (unpaired) electrons. The molecule has 2 fully saturated rings. The van der Waals surface area contributed by atoms with Crippen LogP contribution in [0.1, 0.15) is 36.3 Å². The first-order valence-electron chi connectivity index (χ1n) is 7.39. The summed E-state index contributed by atoms with van der Waals surface area (Å²) in [6, 6.07) is 3.43. The lowest BCUT2D eigenvalue weighted by Crippen LogP contribution is -2.39. The number of carbonyl (C=O) groups excluding carboxylic acids is 1. The zero-order chi connectivity index (χ0) is 15.1. The molecule has 2 aliphatic rings. The van der Waals surface area contributed by atoms with E-state index in [-0.39, 0.29) is 23.7 Å². The van der Waals surface area contributed by atoms with Crippen molar-refractivity contribution in [2.75, 3.05) is 13.1 Å². The van der Waals surface area contributed by atoms with Crippen molar-refractivity contribution < 1.29 is 15.0 Å². The number of hydrogen-bond donors (Lipinski definition) is 2. The second-order valence-electron chi connectivity index (χ2n) is 6.32. The van der Waals surface area contributed by atoms with Gasteiger partial charge in [-0.25, -0.2) is 0 Å². The standard InChI is InChI=1S/C16H20ClNO3/c1-9-2-3-13(20)15(16(9)17)11-6-14(21)18(8-11)7-10-4-12(19)5-10/h2-3,10-12,19-20H,4-8H2,1H3/t10-,11-,12+/m1/s1. The Hall–Kier alpha value is -1.26. The van der Waals surface area contributed by atoms with Crippen LogP contribution in [0.2, 0.25) is 5.02 Å². The topological polar surface area (TPSA) is 60.8 Å². The predicted molar refractivity (Wildman–Crippen MR) is 80.5 cm³/mol. The van der Waals surface area contributed by atoms with Gasteiger partial charge in [0.25, 0.3) is 0 Å². The summed E-state index contributed by atoms with van der Waals surface area (Å²) >= 11 is 6.31. The van der Waals surface area contributed by atoms with Gasteiger partial charge in [-0.15, -0.1) is 0 Å². The average Bonchev–Trinajstić information content (AvgIpc) is 2.74. The molecule has 1 saturated carbocycles. The molecular weight excluding hydrogens is 290 g/mol.